The largest absolute Gasteiger partial charge is 0.497 e. The van der Waals surface area contributed by atoms with E-state index < -0.39 is 0 Å². The Morgan fingerprint density at radius 1 is 0.846 bits per heavy atom. The number of hydrogen-bond acceptors (Lipinski definition) is 3. The minimum absolute atomic E-state index is 0.768. The van der Waals surface area contributed by atoms with Gasteiger partial charge >= 0.3 is 0 Å². The molecule has 0 bridgehead atoms. The molecule has 0 aliphatic heterocycles. The van der Waals surface area contributed by atoms with Gasteiger partial charge in [0.05, 0.1) is 23.7 Å². The Labute approximate surface area is 149 Å². The molecule has 0 amide bonds. The highest BCUT2D eigenvalue weighted by molar-refractivity contribution is 5.95. The zero-order valence-electron chi connectivity index (χ0n) is 14.2. The molecule has 3 aromatic carbocycles. The maximum atomic E-state index is 5.24. The third kappa shape index (κ3) is 2.33. The van der Waals surface area contributed by atoms with Crippen molar-refractivity contribution < 1.29 is 4.74 Å². The van der Waals surface area contributed by atoms with Gasteiger partial charge in [-0.3, -0.25) is 5.10 Å². The van der Waals surface area contributed by atoms with E-state index in [-0.39, 0.29) is 0 Å². The average molecular weight is 340 g/mol. The number of nitrogens with zero attached hydrogens (tertiary/aromatic N) is 2. The van der Waals surface area contributed by atoms with Crippen LogP contribution in [0.1, 0.15) is 0 Å². The van der Waals surface area contributed by atoms with E-state index in [0.29, 0.717) is 0 Å². The Kier molecular flexibility index (Phi) is 3.25. The van der Waals surface area contributed by atoms with Gasteiger partial charge in [0.2, 0.25) is 0 Å². The van der Waals surface area contributed by atoms with Crippen LogP contribution in [0.3, 0.4) is 0 Å². The maximum absolute atomic E-state index is 5.24. The lowest BCUT2D eigenvalue weighted by Gasteiger charge is -2.04. The second kappa shape index (κ2) is 5.74. The van der Waals surface area contributed by atoms with E-state index >= 15 is 0 Å². The van der Waals surface area contributed by atoms with E-state index in [4.69, 9.17) is 4.74 Å². The van der Waals surface area contributed by atoms with Crippen LogP contribution in [0.5, 0.6) is 5.75 Å². The summed E-state index contributed by atoms with van der Waals surface area (Å²) in [5.41, 5.74) is 6.00. The topological polar surface area (TPSA) is 66.6 Å². The fourth-order valence-electron chi connectivity index (χ4n) is 3.22. The lowest BCUT2D eigenvalue weighted by molar-refractivity contribution is 0.415. The van der Waals surface area contributed by atoms with E-state index in [2.05, 4.69) is 44.4 Å². The number of H-pyrrole nitrogens is 2. The SMILES string of the molecule is COc1ccc(-c2ccc3[nH]nc(-c4nc5ccccc5[nH]4)c3c2)cc1. The summed E-state index contributed by atoms with van der Waals surface area (Å²) in [6, 6.07) is 22.3. The van der Waals surface area contributed by atoms with Gasteiger partial charge < -0.3 is 9.72 Å². The standard InChI is InChI=1S/C21H16N4O/c1-26-15-9-6-13(7-10-15)14-8-11-17-16(12-14)20(25-24-17)21-22-18-4-2-3-5-19(18)23-21/h2-12H,1H3,(H,22,23)(H,24,25). The van der Waals surface area contributed by atoms with Crippen LogP contribution in [-0.2, 0) is 0 Å². The molecule has 2 aromatic heterocycles. The van der Waals surface area contributed by atoms with Crippen molar-refractivity contribution in [2.75, 3.05) is 7.11 Å². The molecule has 26 heavy (non-hydrogen) atoms. The molecule has 2 N–H and O–H groups in total. The predicted molar refractivity (Wildman–Crippen MR) is 103 cm³/mol. The molecule has 5 heteroatoms. The number of fused-ring (bicyclic) bond motifs is 2. The number of methoxy groups -OCH3 is 1. The van der Waals surface area contributed by atoms with Crippen molar-refractivity contribution in [2.45, 2.75) is 0 Å². The lowest BCUT2D eigenvalue weighted by Crippen LogP contribution is -1.84. The first-order chi connectivity index (χ1) is 12.8. The van der Waals surface area contributed by atoms with Gasteiger partial charge in [-0.15, -0.1) is 0 Å². The lowest BCUT2D eigenvalue weighted by atomic mass is 10.0. The molecule has 0 radical (unpaired) electrons. The summed E-state index contributed by atoms with van der Waals surface area (Å²) in [7, 11) is 1.67. The molecule has 0 aliphatic rings. The zero-order valence-corrected chi connectivity index (χ0v) is 14.2. The third-order valence-corrected chi connectivity index (χ3v) is 4.60. The number of aromatic amines is 2. The van der Waals surface area contributed by atoms with Gasteiger partial charge in [0.1, 0.15) is 11.4 Å². The van der Waals surface area contributed by atoms with Crippen molar-refractivity contribution >= 4 is 21.9 Å². The summed E-state index contributed by atoms with van der Waals surface area (Å²) in [4.78, 5) is 8.03. The molecule has 0 saturated heterocycles. The third-order valence-electron chi connectivity index (χ3n) is 4.60. The Morgan fingerprint density at radius 3 is 2.46 bits per heavy atom. The van der Waals surface area contributed by atoms with Crippen LogP contribution in [0, 0.1) is 0 Å². The van der Waals surface area contributed by atoms with E-state index in [9.17, 15) is 0 Å². The van der Waals surface area contributed by atoms with Crippen molar-refractivity contribution in [3.05, 3.63) is 66.7 Å². The fraction of sp³-hybridized carbons (Fsp3) is 0.0476. The van der Waals surface area contributed by atoms with Crippen LogP contribution >= 0.6 is 0 Å². The number of aromatic nitrogens is 4. The number of rotatable bonds is 3. The monoisotopic (exact) mass is 340 g/mol. The maximum Gasteiger partial charge on any atom is 0.159 e. The van der Waals surface area contributed by atoms with Crippen molar-refractivity contribution in [2.24, 2.45) is 0 Å². The van der Waals surface area contributed by atoms with Gasteiger partial charge in [-0.1, -0.05) is 30.3 Å². The minimum atomic E-state index is 0.768. The molecule has 0 fully saturated rings. The van der Waals surface area contributed by atoms with Crippen molar-refractivity contribution in [3.8, 4) is 28.4 Å². The van der Waals surface area contributed by atoms with E-state index in [1.807, 2.05) is 42.5 Å². The molecule has 0 saturated carbocycles. The van der Waals surface area contributed by atoms with Crippen LogP contribution in [0.2, 0.25) is 0 Å². The quantitative estimate of drug-likeness (QED) is 0.496. The zero-order chi connectivity index (χ0) is 17.5. The smallest absolute Gasteiger partial charge is 0.159 e. The van der Waals surface area contributed by atoms with E-state index in [0.717, 1.165) is 50.3 Å². The molecule has 126 valence electrons. The predicted octanol–water partition coefficient (Wildman–Crippen LogP) is 4.78. The Hall–Kier alpha value is -3.60. The second-order valence-electron chi connectivity index (χ2n) is 6.16. The Morgan fingerprint density at radius 2 is 1.65 bits per heavy atom. The summed E-state index contributed by atoms with van der Waals surface area (Å²) in [5.74, 6) is 1.62. The van der Waals surface area contributed by atoms with Gasteiger partial charge in [0.15, 0.2) is 5.82 Å². The first kappa shape index (κ1) is 14.7. The molecule has 5 aromatic rings. The normalized spacial score (nSPS) is 11.3. The van der Waals surface area contributed by atoms with Crippen molar-refractivity contribution in [3.63, 3.8) is 0 Å². The summed E-state index contributed by atoms with van der Waals surface area (Å²) < 4.78 is 5.24. The van der Waals surface area contributed by atoms with Crippen LogP contribution in [-0.4, -0.2) is 27.3 Å². The first-order valence-corrected chi connectivity index (χ1v) is 8.39. The van der Waals surface area contributed by atoms with Crippen LogP contribution in [0.25, 0.3) is 44.6 Å². The summed E-state index contributed by atoms with van der Waals surface area (Å²) in [5, 5.41) is 8.62. The first-order valence-electron chi connectivity index (χ1n) is 8.39. The summed E-state index contributed by atoms with van der Waals surface area (Å²) in [6.45, 7) is 0. The fourth-order valence-corrected chi connectivity index (χ4v) is 3.22. The van der Waals surface area contributed by atoms with Crippen molar-refractivity contribution in [1.82, 2.24) is 20.2 Å². The second-order valence-corrected chi connectivity index (χ2v) is 6.16. The Balaban J connectivity index is 1.64. The van der Waals surface area contributed by atoms with E-state index in [1.165, 1.54) is 0 Å². The van der Waals surface area contributed by atoms with E-state index in [1.54, 1.807) is 7.11 Å². The molecule has 0 spiro atoms. The molecular formula is C21H16N4O. The number of ether oxygens (including phenoxy) is 1. The number of benzene rings is 3. The molecule has 0 atom stereocenters. The highest BCUT2D eigenvalue weighted by atomic mass is 16.5. The summed E-state index contributed by atoms with van der Waals surface area (Å²) in [6.07, 6.45) is 0. The Bertz CT molecular complexity index is 1180. The van der Waals surface area contributed by atoms with Gasteiger partial charge in [-0.2, -0.15) is 5.10 Å². The van der Waals surface area contributed by atoms with Gasteiger partial charge in [-0.05, 0) is 47.5 Å². The molecular weight excluding hydrogens is 324 g/mol. The van der Waals surface area contributed by atoms with Crippen LogP contribution in [0.4, 0.5) is 0 Å². The molecule has 5 nitrogen and oxygen atoms in total. The molecule has 5 rings (SSSR count). The number of imidazole rings is 1. The highest BCUT2D eigenvalue weighted by Crippen LogP contribution is 2.30. The van der Waals surface area contributed by atoms with Crippen molar-refractivity contribution in [1.29, 1.82) is 0 Å². The van der Waals surface area contributed by atoms with Gasteiger partial charge in [0, 0.05) is 5.39 Å². The number of nitrogens with one attached hydrogen (secondary N) is 2. The van der Waals surface area contributed by atoms with Gasteiger partial charge in [0.25, 0.3) is 0 Å². The van der Waals surface area contributed by atoms with Crippen LogP contribution < -0.4 is 4.74 Å². The molecule has 0 unspecified atom stereocenters. The highest BCUT2D eigenvalue weighted by Gasteiger charge is 2.13. The molecule has 0 aliphatic carbocycles. The van der Waals surface area contributed by atoms with Crippen LogP contribution in [0.15, 0.2) is 66.7 Å². The number of para-hydroxylation sites is 2. The number of hydrogen-bond donors (Lipinski definition) is 2. The molecule has 2 heterocycles. The van der Waals surface area contributed by atoms with Gasteiger partial charge in [-0.25, -0.2) is 4.98 Å². The average Bonchev–Trinajstić information content (AvgIpc) is 3.31. The minimum Gasteiger partial charge on any atom is -0.497 e. The summed E-state index contributed by atoms with van der Waals surface area (Å²) >= 11 is 0.